The molecule has 0 saturated carbocycles. The smallest absolute Gasteiger partial charge is 0.255 e. The summed E-state index contributed by atoms with van der Waals surface area (Å²) in [4.78, 5) is 12.0. The number of carbonyl (C=O) groups is 1. The summed E-state index contributed by atoms with van der Waals surface area (Å²) in [5.41, 5.74) is 6.94. The Morgan fingerprint density at radius 3 is 2.46 bits per heavy atom. The third-order valence-electron chi connectivity index (χ3n) is 4.45. The maximum atomic E-state index is 12.0. The quantitative estimate of drug-likeness (QED) is 0.649. The van der Waals surface area contributed by atoms with Gasteiger partial charge in [-0.15, -0.1) is 12.4 Å². The molecule has 0 aliphatic carbocycles. The van der Waals surface area contributed by atoms with Crippen molar-refractivity contribution in [1.82, 2.24) is 15.1 Å². The molecule has 8 nitrogen and oxygen atoms in total. The number of amides is 1. The van der Waals surface area contributed by atoms with E-state index >= 15 is 0 Å². The molecule has 1 saturated heterocycles. The summed E-state index contributed by atoms with van der Waals surface area (Å²) in [5.74, 6) is 7.29. The van der Waals surface area contributed by atoms with Crippen molar-refractivity contribution >= 4 is 24.1 Å². The number of primary amides is 1. The first-order valence-electron chi connectivity index (χ1n) is 8.63. The fourth-order valence-electron chi connectivity index (χ4n) is 3.12. The first-order chi connectivity index (χ1) is 13.1. The zero-order valence-electron chi connectivity index (χ0n) is 16.0. The van der Waals surface area contributed by atoms with Gasteiger partial charge in [-0.3, -0.25) is 4.79 Å². The monoisotopic (exact) mass is 405 g/mol. The van der Waals surface area contributed by atoms with Crippen LogP contribution in [0.25, 0.3) is 0 Å². The molecular formula is C19H24ClN5O3. The van der Waals surface area contributed by atoms with E-state index in [4.69, 9.17) is 15.2 Å². The van der Waals surface area contributed by atoms with Gasteiger partial charge in [0, 0.05) is 25.2 Å². The normalized spacial score (nSPS) is 15.2. The van der Waals surface area contributed by atoms with Gasteiger partial charge in [0.05, 0.1) is 20.3 Å². The van der Waals surface area contributed by atoms with E-state index in [1.807, 2.05) is 0 Å². The number of carbonyl (C=O) groups excluding carboxylic acids is 1. The van der Waals surface area contributed by atoms with Gasteiger partial charge >= 0.3 is 0 Å². The molecule has 1 aromatic carbocycles. The summed E-state index contributed by atoms with van der Waals surface area (Å²) in [6.45, 7) is 1.69. The Morgan fingerprint density at radius 2 is 1.96 bits per heavy atom. The summed E-state index contributed by atoms with van der Waals surface area (Å²) in [5, 5.41) is 10.9. The molecule has 1 aliphatic heterocycles. The minimum atomic E-state index is -0.566. The second-order valence-electron chi connectivity index (χ2n) is 6.13. The molecule has 2 heterocycles. The van der Waals surface area contributed by atoms with E-state index in [0.717, 1.165) is 19.5 Å². The number of hydrogen-bond acceptors (Lipinski definition) is 6. The van der Waals surface area contributed by atoms with Crippen LogP contribution in [0.1, 0.15) is 34.1 Å². The average molecular weight is 406 g/mol. The Balaban J connectivity index is 0.00000280. The third-order valence-corrected chi connectivity index (χ3v) is 4.45. The molecule has 150 valence electrons. The van der Waals surface area contributed by atoms with Crippen molar-refractivity contribution < 1.29 is 14.3 Å². The van der Waals surface area contributed by atoms with Crippen LogP contribution in [0.15, 0.2) is 18.2 Å². The van der Waals surface area contributed by atoms with Crippen molar-refractivity contribution in [3.63, 3.8) is 0 Å². The zero-order chi connectivity index (χ0) is 19.4. The van der Waals surface area contributed by atoms with Crippen molar-refractivity contribution in [2.24, 2.45) is 5.73 Å². The first kappa shape index (κ1) is 21.4. The Labute approximate surface area is 170 Å². The number of anilines is 1. The second kappa shape index (κ2) is 9.35. The highest BCUT2D eigenvalue weighted by molar-refractivity contribution is 6.00. The number of methoxy groups -OCH3 is 2. The van der Waals surface area contributed by atoms with E-state index in [1.54, 1.807) is 44.1 Å². The average Bonchev–Trinajstić information content (AvgIpc) is 3.32. The van der Waals surface area contributed by atoms with E-state index < -0.39 is 5.91 Å². The van der Waals surface area contributed by atoms with Crippen LogP contribution in [-0.2, 0) is 0 Å². The van der Waals surface area contributed by atoms with E-state index in [0.29, 0.717) is 34.1 Å². The van der Waals surface area contributed by atoms with E-state index in [9.17, 15) is 4.79 Å². The van der Waals surface area contributed by atoms with Crippen LogP contribution >= 0.6 is 12.4 Å². The molecule has 1 fully saturated rings. The lowest BCUT2D eigenvalue weighted by atomic mass is 10.1. The number of hydrogen-bond donors (Lipinski definition) is 3. The molecule has 1 aromatic heterocycles. The van der Waals surface area contributed by atoms with Crippen LogP contribution in [0.5, 0.6) is 11.5 Å². The minimum Gasteiger partial charge on any atom is -0.497 e. The Bertz CT molecular complexity index is 888. The lowest BCUT2D eigenvalue weighted by Crippen LogP contribution is -2.18. The van der Waals surface area contributed by atoms with Gasteiger partial charge in [-0.2, -0.15) is 5.10 Å². The number of ether oxygens (including phenoxy) is 2. The molecular weight excluding hydrogens is 382 g/mol. The van der Waals surface area contributed by atoms with Crippen LogP contribution < -0.4 is 25.8 Å². The SMILES string of the molecule is CNc1c(C(N)=O)c(C#Cc2cc(OC)cc(OC)c2)nn1C1CCNC1.Cl. The molecule has 1 aliphatic rings. The fourth-order valence-corrected chi connectivity index (χ4v) is 3.12. The fraction of sp³-hybridized carbons (Fsp3) is 0.368. The van der Waals surface area contributed by atoms with Crippen molar-refractivity contribution in [2.75, 3.05) is 39.7 Å². The molecule has 28 heavy (non-hydrogen) atoms. The van der Waals surface area contributed by atoms with E-state index in [2.05, 4.69) is 27.6 Å². The number of nitrogens with zero attached hydrogens (tertiary/aromatic N) is 2. The number of benzene rings is 1. The Morgan fingerprint density at radius 1 is 1.29 bits per heavy atom. The van der Waals surface area contributed by atoms with Gasteiger partial charge in [0.1, 0.15) is 22.9 Å². The van der Waals surface area contributed by atoms with Crippen molar-refractivity contribution in [2.45, 2.75) is 12.5 Å². The van der Waals surface area contributed by atoms with Crippen molar-refractivity contribution in [3.05, 3.63) is 35.0 Å². The molecule has 9 heteroatoms. The largest absolute Gasteiger partial charge is 0.497 e. The predicted octanol–water partition coefficient (Wildman–Crippen LogP) is 1.40. The van der Waals surface area contributed by atoms with Gasteiger partial charge < -0.3 is 25.8 Å². The summed E-state index contributed by atoms with van der Waals surface area (Å²) in [6.07, 6.45) is 0.925. The van der Waals surface area contributed by atoms with Crippen LogP contribution in [-0.4, -0.2) is 50.0 Å². The van der Waals surface area contributed by atoms with Crippen LogP contribution in [0.2, 0.25) is 0 Å². The topological polar surface area (TPSA) is 103 Å². The highest BCUT2D eigenvalue weighted by Gasteiger charge is 2.26. The number of rotatable bonds is 5. The van der Waals surface area contributed by atoms with Crippen LogP contribution in [0, 0.1) is 11.8 Å². The van der Waals surface area contributed by atoms with Gasteiger partial charge in [-0.05, 0) is 31.0 Å². The first-order valence-corrected chi connectivity index (χ1v) is 8.63. The second-order valence-corrected chi connectivity index (χ2v) is 6.13. The molecule has 1 unspecified atom stereocenters. The number of nitrogens with one attached hydrogen (secondary N) is 2. The molecule has 2 aromatic rings. The van der Waals surface area contributed by atoms with Gasteiger partial charge in [0.25, 0.3) is 5.91 Å². The summed E-state index contributed by atoms with van der Waals surface area (Å²) in [7, 11) is 4.90. The Hall–Kier alpha value is -2.89. The molecule has 0 spiro atoms. The highest BCUT2D eigenvalue weighted by atomic mass is 35.5. The maximum absolute atomic E-state index is 12.0. The summed E-state index contributed by atoms with van der Waals surface area (Å²) < 4.78 is 12.3. The Kier molecular flexibility index (Phi) is 7.15. The zero-order valence-corrected chi connectivity index (χ0v) is 16.9. The molecule has 1 amide bonds. The van der Waals surface area contributed by atoms with Crippen LogP contribution in [0.4, 0.5) is 5.82 Å². The van der Waals surface area contributed by atoms with Crippen LogP contribution in [0.3, 0.4) is 0 Å². The molecule has 0 radical (unpaired) electrons. The highest BCUT2D eigenvalue weighted by Crippen LogP contribution is 2.26. The minimum absolute atomic E-state index is 0. The maximum Gasteiger partial charge on any atom is 0.255 e. The molecule has 4 N–H and O–H groups in total. The predicted molar refractivity (Wildman–Crippen MR) is 110 cm³/mol. The number of nitrogens with two attached hydrogens (primary N) is 1. The number of halogens is 1. The summed E-state index contributed by atoms with van der Waals surface area (Å²) >= 11 is 0. The lowest BCUT2D eigenvalue weighted by Gasteiger charge is -2.13. The standard InChI is InChI=1S/C19H23N5O3.ClH/c1-21-19-17(18(20)25)16(23-24(19)13-6-7-22-11-13)5-4-12-8-14(26-2)10-15(9-12)27-3;/h8-10,13,21-22H,6-7,11H2,1-3H3,(H2,20,25);1H. The van der Waals surface area contributed by atoms with Gasteiger partial charge in [-0.1, -0.05) is 5.92 Å². The lowest BCUT2D eigenvalue weighted by molar-refractivity contribution is 0.100. The van der Waals surface area contributed by atoms with E-state index in [1.165, 1.54) is 0 Å². The molecule has 0 bridgehead atoms. The molecule has 1 atom stereocenters. The van der Waals surface area contributed by atoms with Gasteiger partial charge in [0.15, 0.2) is 5.69 Å². The number of aromatic nitrogens is 2. The molecule has 3 rings (SSSR count). The van der Waals surface area contributed by atoms with Gasteiger partial charge in [-0.25, -0.2) is 4.68 Å². The van der Waals surface area contributed by atoms with Gasteiger partial charge in [0.2, 0.25) is 0 Å². The van der Waals surface area contributed by atoms with E-state index in [-0.39, 0.29) is 18.4 Å². The van der Waals surface area contributed by atoms with Crippen molar-refractivity contribution in [3.8, 4) is 23.3 Å². The summed E-state index contributed by atoms with van der Waals surface area (Å²) in [6, 6.07) is 5.49. The third kappa shape index (κ3) is 4.32. The van der Waals surface area contributed by atoms with Crippen molar-refractivity contribution in [1.29, 1.82) is 0 Å².